The molecule has 0 radical (unpaired) electrons. The molecule has 0 aromatic heterocycles. The second-order valence-corrected chi connectivity index (χ2v) is 6.22. The van der Waals surface area contributed by atoms with Crippen LogP contribution in [0.1, 0.15) is 57.8 Å². The minimum Gasteiger partial charge on any atom is -0.370 e. The van der Waals surface area contributed by atoms with Gasteiger partial charge in [0, 0.05) is 0 Å². The van der Waals surface area contributed by atoms with Gasteiger partial charge in [0.05, 0.1) is 12.2 Å². The Balaban J connectivity index is 2.14. The van der Waals surface area contributed by atoms with Gasteiger partial charge in [-0.05, 0) is 42.7 Å². The average molecular weight is 232 g/mol. The summed E-state index contributed by atoms with van der Waals surface area (Å²) in [5, 5.41) is 0. The molecule has 17 heavy (non-hydrogen) atoms. The van der Waals surface area contributed by atoms with Crippen LogP contribution >= 0.6 is 0 Å². The molecule has 0 spiro atoms. The lowest BCUT2D eigenvalue weighted by molar-refractivity contribution is -0.0636. The van der Waals surface area contributed by atoms with E-state index in [-0.39, 0.29) is 5.41 Å². The predicted octanol–water partition coefficient (Wildman–Crippen LogP) is 4.52. The number of benzene rings is 1. The van der Waals surface area contributed by atoms with Crippen LogP contribution in [0.4, 0.5) is 0 Å². The SMILES string of the molecule is CC(OC1CCCc2ccccc21)C(C)(C)C. The second kappa shape index (κ2) is 4.81. The van der Waals surface area contributed by atoms with E-state index in [0.29, 0.717) is 12.2 Å². The molecule has 1 nitrogen and oxygen atoms in total. The van der Waals surface area contributed by atoms with E-state index in [1.807, 2.05) is 0 Å². The number of hydrogen-bond donors (Lipinski definition) is 0. The molecule has 0 saturated heterocycles. The van der Waals surface area contributed by atoms with E-state index in [9.17, 15) is 0 Å². The fourth-order valence-corrected chi connectivity index (χ4v) is 2.30. The summed E-state index contributed by atoms with van der Waals surface area (Å²) in [6, 6.07) is 8.73. The topological polar surface area (TPSA) is 9.23 Å². The first kappa shape index (κ1) is 12.6. The van der Waals surface area contributed by atoms with Crippen LogP contribution in [0.2, 0.25) is 0 Å². The third-order valence-electron chi connectivity index (χ3n) is 3.90. The molecule has 0 amide bonds. The van der Waals surface area contributed by atoms with Gasteiger partial charge in [-0.15, -0.1) is 0 Å². The van der Waals surface area contributed by atoms with Crippen molar-refractivity contribution in [1.29, 1.82) is 0 Å². The highest BCUT2D eigenvalue weighted by molar-refractivity contribution is 5.31. The zero-order valence-electron chi connectivity index (χ0n) is 11.5. The van der Waals surface area contributed by atoms with Gasteiger partial charge in [0.2, 0.25) is 0 Å². The predicted molar refractivity (Wildman–Crippen MR) is 72.1 cm³/mol. The molecular formula is C16H24O. The van der Waals surface area contributed by atoms with E-state index >= 15 is 0 Å². The molecule has 2 atom stereocenters. The van der Waals surface area contributed by atoms with Crippen LogP contribution in [0, 0.1) is 5.41 Å². The lowest BCUT2D eigenvalue weighted by Crippen LogP contribution is -2.29. The van der Waals surface area contributed by atoms with Gasteiger partial charge in [-0.1, -0.05) is 45.0 Å². The van der Waals surface area contributed by atoms with Gasteiger partial charge in [0.1, 0.15) is 0 Å². The first-order valence-electron chi connectivity index (χ1n) is 6.72. The van der Waals surface area contributed by atoms with Crippen molar-refractivity contribution < 1.29 is 4.74 Å². The van der Waals surface area contributed by atoms with Crippen LogP contribution in [0.15, 0.2) is 24.3 Å². The van der Waals surface area contributed by atoms with Crippen LogP contribution in [0.3, 0.4) is 0 Å². The van der Waals surface area contributed by atoms with Gasteiger partial charge in [0.15, 0.2) is 0 Å². The van der Waals surface area contributed by atoms with Crippen LogP contribution < -0.4 is 0 Å². The summed E-state index contributed by atoms with van der Waals surface area (Å²) < 4.78 is 6.28. The molecular weight excluding hydrogens is 208 g/mol. The highest BCUT2D eigenvalue weighted by atomic mass is 16.5. The highest BCUT2D eigenvalue weighted by Crippen LogP contribution is 2.35. The van der Waals surface area contributed by atoms with Crippen LogP contribution in [0.25, 0.3) is 0 Å². The third kappa shape index (κ3) is 2.90. The minimum absolute atomic E-state index is 0.215. The van der Waals surface area contributed by atoms with Gasteiger partial charge in [-0.25, -0.2) is 0 Å². The van der Waals surface area contributed by atoms with Crippen molar-refractivity contribution >= 4 is 0 Å². The van der Waals surface area contributed by atoms with Crippen molar-refractivity contribution in [3.05, 3.63) is 35.4 Å². The Morgan fingerprint density at radius 1 is 1.24 bits per heavy atom. The van der Waals surface area contributed by atoms with Crippen LogP contribution in [-0.2, 0) is 11.2 Å². The molecule has 0 saturated carbocycles. The Morgan fingerprint density at radius 2 is 1.94 bits per heavy atom. The van der Waals surface area contributed by atoms with Gasteiger partial charge in [0.25, 0.3) is 0 Å². The Hall–Kier alpha value is -0.820. The fourth-order valence-electron chi connectivity index (χ4n) is 2.30. The maximum absolute atomic E-state index is 6.28. The minimum atomic E-state index is 0.215. The van der Waals surface area contributed by atoms with E-state index < -0.39 is 0 Å². The van der Waals surface area contributed by atoms with Crippen LogP contribution in [-0.4, -0.2) is 6.10 Å². The number of ether oxygens (including phenoxy) is 1. The zero-order chi connectivity index (χ0) is 12.5. The molecule has 0 aliphatic heterocycles. The third-order valence-corrected chi connectivity index (χ3v) is 3.90. The summed E-state index contributed by atoms with van der Waals surface area (Å²) in [4.78, 5) is 0. The standard InChI is InChI=1S/C16H24O/c1-12(16(2,3)4)17-15-11-7-9-13-8-5-6-10-14(13)15/h5-6,8,10,12,15H,7,9,11H2,1-4H3. The Labute approximate surface area is 105 Å². The van der Waals surface area contributed by atoms with Crippen molar-refractivity contribution in [2.45, 2.75) is 59.2 Å². The Bertz CT molecular complexity index is 375. The van der Waals surface area contributed by atoms with Crippen LogP contribution in [0.5, 0.6) is 0 Å². The molecule has 2 rings (SSSR count). The Kier molecular flexibility index (Phi) is 3.58. The number of aryl methyl sites for hydroxylation is 1. The lowest BCUT2D eigenvalue weighted by Gasteiger charge is -2.34. The molecule has 0 heterocycles. The van der Waals surface area contributed by atoms with Gasteiger partial charge >= 0.3 is 0 Å². The van der Waals surface area contributed by atoms with E-state index in [1.54, 1.807) is 0 Å². The molecule has 0 N–H and O–H groups in total. The molecule has 1 heteroatoms. The summed E-state index contributed by atoms with van der Waals surface area (Å²) in [5.41, 5.74) is 3.10. The quantitative estimate of drug-likeness (QED) is 0.728. The monoisotopic (exact) mass is 232 g/mol. The first-order valence-corrected chi connectivity index (χ1v) is 6.72. The molecule has 1 aromatic rings. The maximum Gasteiger partial charge on any atom is 0.0831 e. The van der Waals surface area contributed by atoms with Crippen molar-refractivity contribution in [2.24, 2.45) is 5.41 Å². The fraction of sp³-hybridized carbons (Fsp3) is 0.625. The van der Waals surface area contributed by atoms with E-state index in [2.05, 4.69) is 52.0 Å². The maximum atomic E-state index is 6.28. The number of hydrogen-bond acceptors (Lipinski definition) is 1. The molecule has 94 valence electrons. The first-order chi connectivity index (χ1) is 7.98. The summed E-state index contributed by atoms with van der Waals surface area (Å²) in [6.45, 7) is 8.92. The zero-order valence-corrected chi connectivity index (χ0v) is 11.5. The van der Waals surface area contributed by atoms with Crippen molar-refractivity contribution in [3.8, 4) is 0 Å². The molecule has 0 fully saturated rings. The molecule has 1 aliphatic rings. The van der Waals surface area contributed by atoms with Gasteiger partial charge in [-0.2, -0.15) is 0 Å². The molecule has 2 unspecified atom stereocenters. The summed E-state index contributed by atoms with van der Waals surface area (Å²) in [5.74, 6) is 0. The summed E-state index contributed by atoms with van der Waals surface area (Å²) in [7, 11) is 0. The number of fused-ring (bicyclic) bond motifs is 1. The van der Waals surface area contributed by atoms with E-state index in [4.69, 9.17) is 4.74 Å². The highest BCUT2D eigenvalue weighted by Gasteiger charge is 2.27. The Morgan fingerprint density at radius 3 is 2.65 bits per heavy atom. The average Bonchev–Trinajstić information content (AvgIpc) is 2.28. The molecule has 0 bridgehead atoms. The smallest absolute Gasteiger partial charge is 0.0831 e. The molecule has 1 aromatic carbocycles. The normalized spacial score (nSPS) is 22.0. The van der Waals surface area contributed by atoms with E-state index in [0.717, 1.165) is 6.42 Å². The van der Waals surface area contributed by atoms with Crippen molar-refractivity contribution in [1.82, 2.24) is 0 Å². The summed E-state index contributed by atoms with van der Waals surface area (Å²) >= 11 is 0. The van der Waals surface area contributed by atoms with Crippen molar-refractivity contribution in [2.75, 3.05) is 0 Å². The lowest BCUT2D eigenvalue weighted by atomic mass is 9.87. The van der Waals surface area contributed by atoms with Gasteiger partial charge < -0.3 is 4.74 Å². The summed E-state index contributed by atoms with van der Waals surface area (Å²) in [6.07, 6.45) is 4.21. The van der Waals surface area contributed by atoms with Crippen molar-refractivity contribution in [3.63, 3.8) is 0 Å². The largest absolute Gasteiger partial charge is 0.370 e. The number of rotatable bonds is 2. The van der Waals surface area contributed by atoms with Gasteiger partial charge in [-0.3, -0.25) is 0 Å². The molecule has 1 aliphatic carbocycles. The second-order valence-electron chi connectivity index (χ2n) is 6.22. The van der Waals surface area contributed by atoms with E-state index in [1.165, 1.54) is 24.0 Å².